The van der Waals surface area contributed by atoms with Crippen molar-refractivity contribution < 1.29 is 19.2 Å². The van der Waals surface area contributed by atoms with Crippen molar-refractivity contribution in [1.82, 2.24) is 20.0 Å². The van der Waals surface area contributed by atoms with Crippen LogP contribution in [0, 0.1) is 17.8 Å². The van der Waals surface area contributed by atoms with Crippen LogP contribution in [-0.4, -0.2) is 61.6 Å². The van der Waals surface area contributed by atoms with Crippen molar-refractivity contribution in [2.45, 2.75) is 63.0 Å². The van der Waals surface area contributed by atoms with E-state index in [-0.39, 0.29) is 29.4 Å². The first kappa shape index (κ1) is 21.2. The van der Waals surface area contributed by atoms with Gasteiger partial charge in [0, 0.05) is 50.2 Å². The minimum absolute atomic E-state index is 0.00758. The van der Waals surface area contributed by atoms with Gasteiger partial charge in [-0.05, 0) is 49.9 Å². The predicted molar refractivity (Wildman–Crippen MR) is 126 cm³/mol. The summed E-state index contributed by atoms with van der Waals surface area (Å²) >= 11 is 0. The zero-order valence-electron chi connectivity index (χ0n) is 19.6. The number of amides is 1. The zero-order valence-corrected chi connectivity index (χ0v) is 19.6. The summed E-state index contributed by atoms with van der Waals surface area (Å²) in [4.78, 5) is 35.1. The lowest BCUT2D eigenvalue weighted by atomic mass is 9.52. The molecule has 0 radical (unpaired) electrons. The Labute approximate surface area is 203 Å². The molecular formula is C26H29N5O4. The molecule has 6 aliphatic rings. The third-order valence-electron chi connectivity index (χ3n) is 8.80. The highest BCUT2D eigenvalue weighted by atomic mass is 16.5. The lowest BCUT2D eigenvalue weighted by molar-refractivity contribution is -0.129. The molecule has 9 nitrogen and oxygen atoms in total. The number of aromatic nitrogens is 3. The van der Waals surface area contributed by atoms with Crippen molar-refractivity contribution >= 4 is 23.5 Å². The maximum absolute atomic E-state index is 12.9. The molecule has 182 valence electrons. The fraction of sp³-hybridized carbons (Fsp3) is 0.577. The molecule has 0 spiro atoms. The molecule has 3 unspecified atom stereocenters. The van der Waals surface area contributed by atoms with Crippen LogP contribution in [0.3, 0.4) is 0 Å². The van der Waals surface area contributed by atoms with E-state index in [0.29, 0.717) is 49.2 Å². The highest BCUT2D eigenvalue weighted by molar-refractivity contribution is 5.93. The highest BCUT2D eigenvalue weighted by Crippen LogP contribution is 2.56. The maximum atomic E-state index is 12.9. The molecule has 0 aromatic carbocycles. The van der Waals surface area contributed by atoms with Crippen molar-refractivity contribution in [1.29, 1.82) is 0 Å². The lowest BCUT2D eigenvalue weighted by Crippen LogP contribution is -2.59. The summed E-state index contributed by atoms with van der Waals surface area (Å²) in [5, 5.41) is 18.8. The number of rotatable bonds is 4. The van der Waals surface area contributed by atoms with Crippen molar-refractivity contribution in [3.8, 4) is 11.5 Å². The predicted octanol–water partition coefficient (Wildman–Crippen LogP) is 2.86. The molecule has 1 amide bonds. The molecule has 2 aromatic rings. The molecule has 5 fully saturated rings. The van der Waals surface area contributed by atoms with Gasteiger partial charge >= 0.3 is 0 Å². The fourth-order valence-corrected chi connectivity index (χ4v) is 7.42. The number of carbonyl (C=O) groups excluding carboxylic acids is 2. The molecule has 1 aliphatic heterocycles. The van der Waals surface area contributed by atoms with Crippen LogP contribution in [0.1, 0.15) is 66.8 Å². The number of allylic oxidation sites excluding steroid dienone is 1. The Bertz CT molecular complexity index is 1230. The molecule has 2 aromatic heterocycles. The Morgan fingerprint density at radius 1 is 1.17 bits per heavy atom. The summed E-state index contributed by atoms with van der Waals surface area (Å²) in [6.45, 7) is 0.773. The van der Waals surface area contributed by atoms with E-state index in [4.69, 9.17) is 4.52 Å². The molecule has 35 heavy (non-hydrogen) atoms. The van der Waals surface area contributed by atoms with Gasteiger partial charge < -0.3 is 19.8 Å². The Morgan fingerprint density at radius 3 is 2.69 bits per heavy atom. The first-order valence-electron chi connectivity index (χ1n) is 12.8. The van der Waals surface area contributed by atoms with Crippen LogP contribution >= 0.6 is 0 Å². The Kier molecular flexibility index (Phi) is 4.68. The number of anilines is 1. The van der Waals surface area contributed by atoms with Crippen molar-refractivity contribution in [3.63, 3.8) is 0 Å². The molecule has 4 saturated carbocycles. The Balaban J connectivity index is 1.20. The number of nitrogens with zero attached hydrogens (tertiary/aromatic N) is 4. The van der Waals surface area contributed by atoms with Gasteiger partial charge in [0.05, 0.1) is 22.5 Å². The van der Waals surface area contributed by atoms with Gasteiger partial charge in [0.15, 0.2) is 0 Å². The number of pyridine rings is 1. The summed E-state index contributed by atoms with van der Waals surface area (Å²) in [5.41, 5.74) is 3.18. The van der Waals surface area contributed by atoms with E-state index >= 15 is 0 Å². The quantitative estimate of drug-likeness (QED) is 0.692. The van der Waals surface area contributed by atoms with Crippen molar-refractivity contribution in [3.05, 3.63) is 29.4 Å². The third-order valence-corrected chi connectivity index (χ3v) is 8.80. The number of fused-ring (bicyclic) bond motifs is 1. The number of ketones is 1. The third kappa shape index (κ3) is 3.51. The number of Topliss-reactive ketones (excluding diaryl/α,β-unsaturated/α-hetero) is 1. The minimum atomic E-state index is -0.488. The first-order chi connectivity index (χ1) is 17.0. The molecule has 4 bridgehead atoms. The topological polar surface area (TPSA) is 121 Å². The summed E-state index contributed by atoms with van der Waals surface area (Å²) < 4.78 is 5.59. The minimum Gasteiger partial charge on any atom is -0.390 e. The highest BCUT2D eigenvalue weighted by Gasteiger charge is 2.55. The number of aliphatic hydroxyl groups is 1. The summed E-state index contributed by atoms with van der Waals surface area (Å²) in [6, 6.07) is 0.279. The number of nitrogens with one attached hydrogen (secondary N) is 1. The number of carbonyl (C=O) groups is 2. The van der Waals surface area contributed by atoms with Gasteiger partial charge in [-0.2, -0.15) is 4.98 Å². The largest absolute Gasteiger partial charge is 0.390 e. The van der Waals surface area contributed by atoms with Crippen LogP contribution < -0.4 is 5.32 Å². The normalized spacial score (nSPS) is 32.8. The van der Waals surface area contributed by atoms with Gasteiger partial charge in [0.25, 0.3) is 17.6 Å². The van der Waals surface area contributed by atoms with Crippen LogP contribution in [0.5, 0.6) is 0 Å². The van der Waals surface area contributed by atoms with E-state index in [0.717, 1.165) is 55.5 Å². The maximum Gasteiger partial charge on any atom is 0.295 e. The number of hydrogen-bond donors (Lipinski definition) is 2. The van der Waals surface area contributed by atoms with E-state index < -0.39 is 5.60 Å². The summed E-state index contributed by atoms with van der Waals surface area (Å²) in [7, 11) is 0. The lowest BCUT2D eigenvalue weighted by Gasteiger charge is -2.58. The molecule has 1 saturated heterocycles. The number of likely N-dealkylation sites (tertiary alicyclic amines) is 1. The van der Waals surface area contributed by atoms with Crippen LogP contribution in [-0.2, 0) is 11.2 Å². The van der Waals surface area contributed by atoms with Gasteiger partial charge in [-0.1, -0.05) is 17.3 Å². The smallest absolute Gasteiger partial charge is 0.295 e. The van der Waals surface area contributed by atoms with Crippen LogP contribution in [0.2, 0.25) is 0 Å². The molecule has 5 atom stereocenters. The van der Waals surface area contributed by atoms with Crippen LogP contribution in [0.15, 0.2) is 16.8 Å². The molecular weight excluding hydrogens is 446 g/mol. The Hall–Kier alpha value is -3.07. The van der Waals surface area contributed by atoms with Crippen LogP contribution in [0.4, 0.5) is 5.69 Å². The molecule has 5 aliphatic carbocycles. The second-order valence-electron chi connectivity index (χ2n) is 11.1. The second-order valence-corrected chi connectivity index (χ2v) is 11.1. The fourth-order valence-electron chi connectivity index (χ4n) is 7.42. The van der Waals surface area contributed by atoms with Gasteiger partial charge in [0.1, 0.15) is 5.78 Å². The zero-order chi connectivity index (χ0) is 23.7. The average Bonchev–Trinajstić information content (AvgIpc) is 3.50. The van der Waals surface area contributed by atoms with Crippen molar-refractivity contribution in [2.24, 2.45) is 17.8 Å². The van der Waals surface area contributed by atoms with Gasteiger partial charge in [0.2, 0.25) is 0 Å². The summed E-state index contributed by atoms with van der Waals surface area (Å²) in [6.07, 6.45) is 12.5. The van der Waals surface area contributed by atoms with Gasteiger partial charge in [-0.15, -0.1) is 0 Å². The van der Waals surface area contributed by atoms with Gasteiger partial charge in [-0.3, -0.25) is 14.6 Å². The first-order valence-corrected chi connectivity index (χ1v) is 12.8. The standard InChI is InChI=1S/C26H29N5O4/c32-17-4-6-31(7-5-17)25(33)23-29-24(35-30-23)19-13-27-20-3-1-2-18(20)22(19)28-21-15-8-14-9-16(21)12-26(34,10-14)11-15/h1-2,13-16,21,34H,3-12H2,(H,27,28)/t14?,15-,16+,21?,26?. The molecule has 8 rings (SSSR count). The van der Waals surface area contributed by atoms with E-state index in [1.807, 2.05) is 0 Å². The van der Waals surface area contributed by atoms with E-state index in [9.17, 15) is 14.7 Å². The average molecular weight is 476 g/mol. The monoisotopic (exact) mass is 475 g/mol. The second kappa shape index (κ2) is 7.71. The number of piperidine rings is 1. The number of hydrogen-bond acceptors (Lipinski definition) is 8. The Morgan fingerprint density at radius 2 is 1.94 bits per heavy atom. The molecule has 3 heterocycles. The van der Waals surface area contributed by atoms with Gasteiger partial charge in [-0.25, -0.2) is 0 Å². The molecule has 2 N–H and O–H groups in total. The van der Waals surface area contributed by atoms with Crippen LogP contribution in [0.25, 0.3) is 17.5 Å². The van der Waals surface area contributed by atoms with E-state index in [1.165, 1.54) is 0 Å². The molecule has 9 heteroatoms. The summed E-state index contributed by atoms with van der Waals surface area (Å²) in [5.74, 6) is 1.64. The van der Waals surface area contributed by atoms with Crippen molar-refractivity contribution in [2.75, 3.05) is 18.4 Å². The van der Waals surface area contributed by atoms with E-state index in [1.54, 1.807) is 11.1 Å². The SMILES string of the molecule is O=C1CCN(C(=O)c2noc(-c3cnc4c(c3NC3[C@@H]5CC6C[C@H]3CC(O)(C6)C5)C=CC4)n2)CC1. The van der Waals surface area contributed by atoms with E-state index in [2.05, 4.69) is 32.6 Å².